The molecule has 1 unspecified atom stereocenters. The van der Waals surface area contributed by atoms with Gasteiger partial charge in [-0.1, -0.05) is 26.0 Å². The van der Waals surface area contributed by atoms with Crippen LogP contribution in [0.1, 0.15) is 42.2 Å². The van der Waals surface area contributed by atoms with Crippen molar-refractivity contribution in [3.05, 3.63) is 63.9 Å². The summed E-state index contributed by atoms with van der Waals surface area (Å²) in [5.41, 5.74) is 1.18. The topological polar surface area (TPSA) is 67.4 Å². The van der Waals surface area contributed by atoms with Gasteiger partial charge in [-0.2, -0.15) is 0 Å². The molecule has 1 atom stereocenters. The smallest absolute Gasteiger partial charge is 0.252 e. The molecular weight excluding hydrogens is 427 g/mol. The molecule has 0 radical (unpaired) electrons. The van der Waals surface area contributed by atoms with Gasteiger partial charge in [0, 0.05) is 17.4 Å². The molecule has 0 heterocycles. The van der Waals surface area contributed by atoms with Crippen LogP contribution < -0.4 is 15.4 Å². The number of carbonyl (C=O) groups excluding carboxylic acids is 2. The molecular formula is C21H24BrFN2O3. The number of hydrogen-bond acceptors (Lipinski definition) is 3. The SMILES string of the molecule is COc1ccc(C(NC(=O)CCNC(=O)c2cc(F)ccc2Br)C(C)C)cc1. The summed E-state index contributed by atoms with van der Waals surface area (Å²) in [6, 6.07) is 11.3. The number of methoxy groups -OCH3 is 1. The Kier molecular flexibility index (Phi) is 7.99. The third-order valence-corrected chi connectivity index (χ3v) is 4.96. The molecule has 0 aliphatic carbocycles. The molecule has 0 spiro atoms. The highest BCUT2D eigenvalue weighted by atomic mass is 79.9. The Morgan fingerprint density at radius 3 is 2.43 bits per heavy atom. The van der Waals surface area contributed by atoms with Gasteiger partial charge in [-0.15, -0.1) is 0 Å². The molecule has 7 heteroatoms. The van der Waals surface area contributed by atoms with Gasteiger partial charge in [0.15, 0.2) is 0 Å². The highest BCUT2D eigenvalue weighted by Crippen LogP contribution is 2.24. The van der Waals surface area contributed by atoms with E-state index in [2.05, 4.69) is 26.6 Å². The second-order valence-electron chi connectivity index (χ2n) is 6.69. The molecule has 0 aliphatic heterocycles. The zero-order valence-electron chi connectivity index (χ0n) is 16.1. The zero-order valence-corrected chi connectivity index (χ0v) is 17.7. The first kappa shape index (κ1) is 21.9. The van der Waals surface area contributed by atoms with Crippen molar-refractivity contribution in [2.24, 2.45) is 5.92 Å². The standard InChI is InChI=1S/C21H24BrFN2O3/c1-13(2)20(14-4-7-16(28-3)8-5-14)25-19(26)10-11-24-21(27)17-12-15(23)6-9-18(17)22/h4-9,12-13,20H,10-11H2,1-3H3,(H,24,27)(H,25,26). The van der Waals surface area contributed by atoms with Gasteiger partial charge in [-0.3, -0.25) is 9.59 Å². The summed E-state index contributed by atoms with van der Waals surface area (Å²) in [5, 5.41) is 5.65. The van der Waals surface area contributed by atoms with Crippen molar-refractivity contribution >= 4 is 27.7 Å². The number of nitrogens with one attached hydrogen (secondary N) is 2. The number of benzene rings is 2. The van der Waals surface area contributed by atoms with Crippen molar-refractivity contribution in [2.45, 2.75) is 26.3 Å². The molecule has 2 amide bonds. The number of carbonyl (C=O) groups is 2. The normalized spacial score (nSPS) is 11.8. The van der Waals surface area contributed by atoms with Gasteiger partial charge < -0.3 is 15.4 Å². The first-order valence-electron chi connectivity index (χ1n) is 8.98. The quantitative estimate of drug-likeness (QED) is 0.632. The maximum atomic E-state index is 13.3. The number of amides is 2. The minimum absolute atomic E-state index is 0.123. The molecule has 0 saturated heterocycles. The molecule has 0 aromatic heterocycles. The Hall–Kier alpha value is -2.41. The number of rotatable bonds is 8. The van der Waals surface area contributed by atoms with Crippen LogP contribution >= 0.6 is 15.9 Å². The molecule has 0 fully saturated rings. The predicted molar refractivity (Wildman–Crippen MR) is 110 cm³/mol. The van der Waals surface area contributed by atoms with Crippen molar-refractivity contribution < 1.29 is 18.7 Å². The Morgan fingerprint density at radius 2 is 1.82 bits per heavy atom. The predicted octanol–water partition coefficient (Wildman–Crippen LogP) is 4.23. The third-order valence-electron chi connectivity index (χ3n) is 4.27. The van der Waals surface area contributed by atoms with E-state index < -0.39 is 11.7 Å². The van der Waals surface area contributed by atoms with Gasteiger partial charge in [-0.05, 0) is 57.7 Å². The highest BCUT2D eigenvalue weighted by molar-refractivity contribution is 9.10. The van der Waals surface area contributed by atoms with Crippen LogP contribution in [0.3, 0.4) is 0 Å². The van der Waals surface area contributed by atoms with E-state index in [4.69, 9.17) is 4.74 Å². The Morgan fingerprint density at radius 1 is 1.14 bits per heavy atom. The molecule has 0 bridgehead atoms. The lowest BCUT2D eigenvalue weighted by Gasteiger charge is -2.23. The average Bonchev–Trinajstić information content (AvgIpc) is 2.67. The van der Waals surface area contributed by atoms with Crippen molar-refractivity contribution in [1.29, 1.82) is 0 Å². The third kappa shape index (κ3) is 6.05. The van der Waals surface area contributed by atoms with Crippen LogP contribution in [0.25, 0.3) is 0 Å². The van der Waals surface area contributed by atoms with Crippen LogP contribution in [0.15, 0.2) is 46.9 Å². The number of ether oxygens (including phenoxy) is 1. The van der Waals surface area contributed by atoms with E-state index in [-0.39, 0.29) is 36.4 Å². The van der Waals surface area contributed by atoms with Gasteiger partial charge in [-0.25, -0.2) is 4.39 Å². The molecule has 2 aromatic carbocycles. The lowest BCUT2D eigenvalue weighted by atomic mass is 9.96. The fraction of sp³-hybridized carbons (Fsp3) is 0.333. The Balaban J connectivity index is 1.90. The molecule has 2 rings (SSSR count). The fourth-order valence-corrected chi connectivity index (χ4v) is 3.17. The summed E-state index contributed by atoms with van der Waals surface area (Å²) in [4.78, 5) is 24.5. The van der Waals surface area contributed by atoms with E-state index in [9.17, 15) is 14.0 Å². The molecule has 5 nitrogen and oxygen atoms in total. The fourth-order valence-electron chi connectivity index (χ4n) is 2.75. The lowest BCUT2D eigenvalue weighted by molar-refractivity contribution is -0.122. The Bertz CT molecular complexity index is 825. The van der Waals surface area contributed by atoms with Gasteiger partial charge in [0.2, 0.25) is 5.91 Å². The largest absolute Gasteiger partial charge is 0.497 e. The van der Waals surface area contributed by atoms with E-state index in [1.54, 1.807) is 7.11 Å². The Labute approximate surface area is 172 Å². The molecule has 2 N–H and O–H groups in total. The van der Waals surface area contributed by atoms with Gasteiger partial charge in [0.25, 0.3) is 5.91 Å². The van der Waals surface area contributed by atoms with E-state index in [1.807, 2.05) is 38.1 Å². The van der Waals surface area contributed by atoms with Crippen LogP contribution in [0.5, 0.6) is 5.75 Å². The van der Waals surface area contributed by atoms with E-state index >= 15 is 0 Å². The summed E-state index contributed by atoms with van der Waals surface area (Å²) >= 11 is 3.22. The van der Waals surface area contributed by atoms with Crippen LogP contribution in [0.4, 0.5) is 4.39 Å². The monoisotopic (exact) mass is 450 g/mol. The summed E-state index contributed by atoms with van der Waals surface area (Å²) in [5.74, 6) is -0.160. The maximum absolute atomic E-state index is 13.3. The minimum Gasteiger partial charge on any atom is -0.497 e. The minimum atomic E-state index is -0.495. The summed E-state index contributed by atoms with van der Waals surface area (Å²) in [6.45, 7) is 4.21. The van der Waals surface area contributed by atoms with Gasteiger partial charge in [0.05, 0.1) is 18.7 Å². The van der Waals surface area contributed by atoms with Crippen molar-refractivity contribution in [3.8, 4) is 5.75 Å². The van der Waals surface area contributed by atoms with Gasteiger partial charge in [0.1, 0.15) is 11.6 Å². The van der Waals surface area contributed by atoms with Crippen molar-refractivity contribution in [3.63, 3.8) is 0 Å². The van der Waals surface area contributed by atoms with E-state index in [1.165, 1.54) is 12.1 Å². The van der Waals surface area contributed by atoms with Crippen LogP contribution in [0, 0.1) is 11.7 Å². The molecule has 2 aromatic rings. The first-order chi connectivity index (χ1) is 13.3. The summed E-state index contributed by atoms with van der Waals surface area (Å²) in [7, 11) is 1.60. The molecule has 150 valence electrons. The van der Waals surface area contributed by atoms with Crippen LogP contribution in [-0.2, 0) is 4.79 Å². The molecule has 28 heavy (non-hydrogen) atoms. The maximum Gasteiger partial charge on any atom is 0.252 e. The molecule has 0 aliphatic rings. The number of hydrogen-bond donors (Lipinski definition) is 2. The second kappa shape index (κ2) is 10.2. The summed E-state index contributed by atoms with van der Waals surface area (Å²) in [6.07, 6.45) is 0.123. The first-order valence-corrected chi connectivity index (χ1v) is 9.77. The summed E-state index contributed by atoms with van der Waals surface area (Å²) < 4.78 is 19.0. The van der Waals surface area contributed by atoms with Crippen LogP contribution in [-0.4, -0.2) is 25.5 Å². The number of halogens is 2. The van der Waals surface area contributed by atoms with Crippen molar-refractivity contribution in [2.75, 3.05) is 13.7 Å². The molecule has 0 saturated carbocycles. The average molecular weight is 451 g/mol. The van der Waals surface area contributed by atoms with Crippen LogP contribution in [0.2, 0.25) is 0 Å². The second-order valence-corrected chi connectivity index (χ2v) is 7.55. The van der Waals surface area contributed by atoms with Gasteiger partial charge >= 0.3 is 0 Å². The highest BCUT2D eigenvalue weighted by Gasteiger charge is 2.19. The van der Waals surface area contributed by atoms with E-state index in [0.29, 0.717) is 4.47 Å². The lowest BCUT2D eigenvalue weighted by Crippen LogP contribution is -2.35. The van der Waals surface area contributed by atoms with E-state index in [0.717, 1.165) is 17.4 Å². The zero-order chi connectivity index (χ0) is 20.7. The van der Waals surface area contributed by atoms with Crippen molar-refractivity contribution in [1.82, 2.24) is 10.6 Å².